The lowest BCUT2D eigenvalue weighted by Crippen LogP contribution is -2.33. The Morgan fingerprint density at radius 3 is 2.79 bits per heavy atom. The predicted octanol–water partition coefficient (Wildman–Crippen LogP) is 2.20. The third kappa shape index (κ3) is 3.99. The summed E-state index contributed by atoms with van der Waals surface area (Å²) in [5.74, 6) is 0.878. The largest absolute Gasteiger partial charge is 0.481 e. The molecule has 1 amide bonds. The van der Waals surface area contributed by atoms with Crippen molar-refractivity contribution < 1.29 is 13.9 Å². The predicted molar refractivity (Wildman–Crippen MR) is 71.0 cm³/mol. The zero-order valence-electron chi connectivity index (χ0n) is 10.4. The molecule has 5 nitrogen and oxygen atoms in total. The fraction of sp³-hybridized carbons (Fsp3) is 0.143. The van der Waals surface area contributed by atoms with Gasteiger partial charge in [-0.15, -0.1) is 0 Å². The quantitative estimate of drug-likeness (QED) is 0.660. The second-order valence-electron chi connectivity index (χ2n) is 3.82. The normalized spacial score (nSPS) is 12.3. The molecule has 5 heteroatoms. The first-order valence-corrected chi connectivity index (χ1v) is 5.84. The van der Waals surface area contributed by atoms with Crippen molar-refractivity contribution in [3.05, 3.63) is 54.5 Å². The molecule has 1 aromatic heterocycles. The van der Waals surface area contributed by atoms with Crippen molar-refractivity contribution in [1.29, 1.82) is 0 Å². The monoisotopic (exact) mass is 258 g/mol. The molecule has 1 aromatic carbocycles. The molecule has 0 bridgehead atoms. The van der Waals surface area contributed by atoms with Gasteiger partial charge in [0.1, 0.15) is 11.5 Å². The van der Waals surface area contributed by atoms with Gasteiger partial charge in [-0.25, -0.2) is 5.43 Å². The molecule has 0 radical (unpaired) electrons. The van der Waals surface area contributed by atoms with Crippen LogP contribution in [-0.4, -0.2) is 18.2 Å². The standard InChI is InChI=1S/C14H14N2O3/c1-11(19-12-6-3-2-4-7-12)14(17)16-15-10-13-8-5-9-18-13/h2-11H,1H3,(H,16,17). The number of hydrogen-bond donors (Lipinski definition) is 1. The van der Waals surface area contributed by atoms with Crippen molar-refractivity contribution in [1.82, 2.24) is 5.43 Å². The Morgan fingerprint density at radius 2 is 2.11 bits per heavy atom. The van der Waals surface area contributed by atoms with E-state index in [2.05, 4.69) is 10.5 Å². The van der Waals surface area contributed by atoms with Crippen molar-refractivity contribution in [3.8, 4) is 5.75 Å². The molecule has 0 fully saturated rings. The van der Waals surface area contributed by atoms with E-state index in [1.807, 2.05) is 18.2 Å². The zero-order valence-corrected chi connectivity index (χ0v) is 10.4. The van der Waals surface area contributed by atoms with Gasteiger partial charge in [0.15, 0.2) is 6.10 Å². The summed E-state index contributed by atoms with van der Waals surface area (Å²) < 4.78 is 10.5. The Labute approximate surface area is 110 Å². The molecule has 19 heavy (non-hydrogen) atoms. The summed E-state index contributed by atoms with van der Waals surface area (Å²) in [7, 11) is 0. The number of amides is 1. The molecule has 1 heterocycles. The molecule has 1 atom stereocenters. The van der Waals surface area contributed by atoms with E-state index in [9.17, 15) is 4.79 Å². The highest BCUT2D eigenvalue weighted by molar-refractivity contribution is 5.83. The second-order valence-corrected chi connectivity index (χ2v) is 3.82. The van der Waals surface area contributed by atoms with E-state index in [-0.39, 0.29) is 5.91 Å². The maximum absolute atomic E-state index is 11.7. The van der Waals surface area contributed by atoms with Crippen LogP contribution in [0.3, 0.4) is 0 Å². The molecule has 2 aromatic rings. The lowest BCUT2D eigenvalue weighted by atomic mass is 10.3. The minimum atomic E-state index is -0.629. The molecule has 2 rings (SSSR count). The molecule has 1 N–H and O–H groups in total. The summed E-state index contributed by atoms with van der Waals surface area (Å²) in [6.07, 6.45) is 2.33. The molecule has 0 spiro atoms. The highest BCUT2D eigenvalue weighted by Crippen LogP contribution is 2.10. The molecule has 0 aliphatic heterocycles. The van der Waals surface area contributed by atoms with Crippen LogP contribution in [-0.2, 0) is 4.79 Å². The maximum atomic E-state index is 11.7. The summed E-state index contributed by atoms with van der Waals surface area (Å²) in [6.45, 7) is 1.66. The van der Waals surface area contributed by atoms with Crippen LogP contribution in [0.1, 0.15) is 12.7 Å². The van der Waals surface area contributed by atoms with Gasteiger partial charge in [0.2, 0.25) is 0 Å². The van der Waals surface area contributed by atoms with E-state index in [0.717, 1.165) is 0 Å². The van der Waals surface area contributed by atoms with Crippen LogP contribution < -0.4 is 10.2 Å². The number of ether oxygens (including phenoxy) is 1. The third-order valence-electron chi connectivity index (χ3n) is 2.34. The molecular weight excluding hydrogens is 244 g/mol. The summed E-state index contributed by atoms with van der Waals surface area (Å²) in [6, 6.07) is 12.6. The van der Waals surface area contributed by atoms with Crippen molar-refractivity contribution >= 4 is 12.1 Å². The SMILES string of the molecule is CC(Oc1ccccc1)C(=O)NN=Cc1ccco1. The summed E-state index contributed by atoms with van der Waals surface area (Å²) in [5, 5.41) is 3.78. The van der Waals surface area contributed by atoms with Crippen molar-refractivity contribution in [2.75, 3.05) is 0 Å². The molecule has 0 aliphatic rings. The van der Waals surface area contributed by atoms with Crippen LogP contribution in [0.2, 0.25) is 0 Å². The number of nitrogens with one attached hydrogen (secondary N) is 1. The number of rotatable bonds is 5. The third-order valence-corrected chi connectivity index (χ3v) is 2.34. The second kappa shape index (κ2) is 6.39. The number of carbonyl (C=O) groups is 1. The molecule has 1 unspecified atom stereocenters. The van der Waals surface area contributed by atoms with Crippen molar-refractivity contribution in [2.45, 2.75) is 13.0 Å². The Hall–Kier alpha value is -2.56. The van der Waals surface area contributed by atoms with E-state index in [1.54, 1.807) is 31.2 Å². The van der Waals surface area contributed by atoms with Gasteiger partial charge in [-0.1, -0.05) is 18.2 Å². The first-order valence-electron chi connectivity index (χ1n) is 5.84. The first-order chi connectivity index (χ1) is 9.25. The van der Waals surface area contributed by atoms with E-state index in [4.69, 9.17) is 9.15 Å². The molecular formula is C14H14N2O3. The van der Waals surface area contributed by atoms with Crippen LogP contribution in [0.25, 0.3) is 0 Å². The first kappa shape index (κ1) is 12.9. The van der Waals surface area contributed by atoms with Gasteiger partial charge >= 0.3 is 0 Å². The van der Waals surface area contributed by atoms with Crippen LogP contribution >= 0.6 is 0 Å². The molecule has 98 valence electrons. The Morgan fingerprint density at radius 1 is 1.32 bits per heavy atom. The van der Waals surface area contributed by atoms with Crippen molar-refractivity contribution in [2.24, 2.45) is 5.10 Å². The number of benzene rings is 1. The van der Waals surface area contributed by atoms with Gasteiger partial charge in [0.25, 0.3) is 5.91 Å². The molecule has 0 saturated heterocycles. The Kier molecular flexibility index (Phi) is 4.34. The van der Waals surface area contributed by atoms with Gasteiger partial charge in [-0.05, 0) is 31.2 Å². The average Bonchev–Trinajstić information content (AvgIpc) is 2.93. The van der Waals surface area contributed by atoms with Crippen LogP contribution in [0, 0.1) is 0 Å². The molecule has 0 aliphatic carbocycles. The fourth-order valence-corrected chi connectivity index (χ4v) is 1.37. The fourth-order valence-electron chi connectivity index (χ4n) is 1.37. The maximum Gasteiger partial charge on any atom is 0.280 e. The van der Waals surface area contributed by atoms with Gasteiger partial charge in [-0.2, -0.15) is 5.10 Å². The smallest absolute Gasteiger partial charge is 0.280 e. The minimum absolute atomic E-state index is 0.327. The van der Waals surface area contributed by atoms with Crippen LogP contribution in [0.4, 0.5) is 0 Å². The lowest BCUT2D eigenvalue weighted by molar-refractivity contribution is -0.127. The summed E-state index contributed by atoms with van der Waals surface area (Å²) in [5.41, 5.74) is 2.39. The van der Waals surface area contributed by atoms with Crippen LogP contribution in [0.5, 0.6) is 5.75 Å². The van der Waals surface area contributed by atoms with E-state index in [1.165, 1.54) is 12.5 Å². The number of carbonyl (C=O) groups excluding carboxylic acids is 1. The van der Waals surface area contributed by atoms with Gasteiger partial charge < -0.3 is 9.15 Å². The number of hydrazone groups is 1. The number of hydrogen-bond acceptors (Lipinski definition) is 4. The summed E-state index contributed by atoms with van der Waals surface area (Å²) >= 11 is 0. The Bertz CT molecular complexity index is 535. The minimum Gasteiger partial charge on any atom is -0.481 e. The van der Waals surface area contributed by atoms with E-state index in [0.29, 0.717) is 11.5 Å². The topological polar surface area (TPSA) is 63.8 Å². The number of para-hydroxylation sites is 1. The van der Waals surface area contributed by atoms with Crippen molar-refractivity contribution in [3.63, 3.8) is 0 Å². The van der Waals surface area contributed by atoms with E-state index >= 15 is 0 Å². The Balaban J connectivity index is 1.83. The average molecular weight is 258 g/mol. The van der Waals surface area contributed by atoms with Gasteiger partial charge in [0, 0.05) is 0 Å². The highest BCUT2D eigenvalue weighted by atomic mass is 16.5. The number of nitrogens with zero attached hydrogens (tertiary/aromatic N) is 1. The zero-order chi connectivity index (χ0) is 13.5. The van der Waals surface area contributed by atoms with Crippen LogP contribution in [0.15, 0.2) is 58.2 Å². The molecule has 0 saturated carbocycles. The van der Waals surface area contributed by atoms with Gasteiger partial charge in [-0.3, -0.25) is 4.79 Å². The highest BCUT2D eigenvalue weighted by Gasteiger charge is 2.13. The lowest BCUT2D eigenvalue weighted by Gasteiger charge is -2.12. The van der Waals surface area contributed by atoms with Gasteiger partial charge in [0.05, 0.1) is 12.5 Å². The number of furan rings is 1. The summed E-state index contributed by atoms with van der Waals surface area (Å²) in [4.78, 5) is 11.7. The van der Waals surface area contributed by atoms with E-state index < -0.39 is 6.10 Å².